The normalized spacial score (nSPS) is 24.9. The van der Waals surface area contributed by atoms with Crippen molar-refractivity contribution < 1.29 is 10.2 Å². The van der Waals surface area contributed by atoms with E-state index in [2.05, 4.69) is 11.8 Å². The second kappa shape index (κ2) is 5.69. The summed E-state index contributed by atoms with van der Waals surface area (Å²) in [7, 11) is 0. The molecular formula is C11H23NO2. The molecule has 0 aromatic heterocycles. The van der Waals surface area contributed by atoms with Gasteiger partial charge in [-0.3, -0.25) is 0 Å². The summed E-state index contributed by atoms with van der Waals surface area (Å²) in [6, 6.07) is 0. The number of hydrogen-bond donors (Lipinski definition) is 2. The van der Waals surface area contributed by atoms with Crippen molar-refractivity contribution in [3.8, 4) is 0 Å². The topological polar surface area (TPSA) is 43.7 Å². The molecule has 0 spiro atoms. The minimum Gasteiger partial charge on any atom is -0.391 e. The summed E-state index contributed by atoms with van der Waals surface area (Å²) >= 11 is 0. The monoisotopic (exact) mass is 201 g/mol. The molecule has 84 valence electrons. The summed E-state index contributed by atoms with van der Waals surface area (Å²) in [6.07, 6.45) is 2.06. The molecule has 3 nitrogen and oxygen atoms in total. The van der Waals surface area contributed by atoms with Crippen molar-refractivity contribution in [2.45, 2.75) is 45.3 Å². The summed E-state index contributed by atoms with van der Waals surface area (Å²) in [6.45, 7) is 7.14. The molecule has 1 aliphatic rings. The largest absolute Gasteiger partial charge is 0.391 e. The van der Waals surface area contributed by atoms with Crippen LogP contribution in [-0.4, -0.2) is 47.0 Å². The summed E-state index contributed by atoms with van der Waals surface area (Å²) < 4.78 is 0. The maximum Gasteiger partial charge on any atom is 0.0808 e. The van der Waals surface area contributed by atoms with Crippen LogP contribution in [0.25, 0.3) is 0 Å². The van der Waals surface area contributed by atoms with E-state index in [9.17, 15) is 5.11 Å². The Hall–Kier alpha value is -0.120. The number of hydrogen-bond acceptors (Lipinski definition) is 3. The Bertz CT molecular complexity index is 153. The average Bonchev–Trinajstić information content (AvgIpc) is 2.16. The minimum absolute atomic E-state index is 0.561. The van der Waals surface area contributed by atoms with Gasteiger partial charge in [0.1, 0.15) is 0 Å². The van der Waals surface area contributed by atoms with Crippen molar-refractivity contribution in [3.05, 3.63) is 0 Å². The third-order valence-electron chi connectivity index (χ3n) is 3.17. The molecule has 0 aromatic carbocycles. The SMILES string of the molecule is CC1CCN(CCC(O)C(C)O)CC1. The first-order valence-electron chi connectivity index (χ1n) is 5.68. The van der Waals surface area contributed by atoms with Gasteiger partial charge in [0, 0.05) is 6.54 Å². The van der Waals surface area contributed by atoms with E-state index in [1.54, 1.807) is 6.92 Å². The molecule has 0 saturated carbocycles. The van der Waals surface area contributed by atoms with Crippen LogP contribution in [0, 0.1) is 5.92 Å². The van der Waals surface area contributed by atoms with Crippen LogP contribution in [0.5, 0.6) is 0 Å². The number of aliphatic hydroxyl groups excluding tert-OH is 2. The first-order chi connectivity index (χ1) is 6.59. The van der Waals surface area contributed by atoms with Gasteiger partial charge in [0.05, 0.1) is 12.2 Å². The lowest BCUT2D eigenvalue weighted by molar-refractivity contribution is 0.0178. The van der Waals surface area contributed by atoms with Gasteiger partial charge in [0.2, 0.25) is 0 Å². The zero-order valence-electron chi connectivity index (χ0n) is 9.32. The number of piperidine rings is 1. The fourth-order valence-corrected chi connectivity index (χ4v) is 1.84. The molecule has 14 heavy (non-hydrogen) atoms. The van der Waals surface area contributed by atoms with Crippen LogP contribution < -0.4 is 0 Å². The molecule has 1 heterocycles. The molecule has 2 N–H and O–H groups in total. The summed E-state index contributed by atoms with van der Waals surface area (Å²) in [5.74, 6) is 0.855. The molecule has 0 aromatic rings. The molecule has 2 atom stereocenters. The van der Waals surface area contributed by atoms with Crippen molar-refractivity contribution in [2.75, 3.05) is 19.6 Å². The fraction of sp³-hybridized carbons (Fsp3) is 1.00. The quantitative estimate of drug-likeness (QED) is 0.708. The zero-order valence-corrected chi connectivity index (χ0v) is 9.32. The van der Waals surface area contributed by atoms with Crippen LogP contribution in [0.3, 0.4) is 0 Å². The fourth-order valence-electron chi connectivity index (χ4n) is 1.84. The Labute approximate surface area is 86.7 Å². The molecular weight excluding hydrogens is 178 g/mol. The molecule has 0 bridgehead atoms. The van der Waals surface area contributed by atoms with Crippen LogP contribution >= 0.6 is 0 Å². The smallest absolute Gasteiger partial charge is 0.0808 e. The first kappa shape index (κ1) is 12.0. The van der Waals surface area contributed by atoms with Gasteiger partial charge in [-0.1, -0.05) is 6.92 Å². The van der Waals surface area contributed by atoms with Crippen molar-refractivity contribution >= 4 is 0 Å². The lowest BCUT2D eigenvalue weighted by Crippen LogP contribution is -2.36. The van der Waals surface area contributed by atoms with E-state index in [4.69, 9.17) is 5.11 Å². The zero-order chi connectivity index (χ0) is 10.6. The van der Waals surface area contributed by atoms with Crippen molar-refractivity contribution in [1.82, 2.24) is 4.90 Å². The van der Waals surface area contributed by atoms with E-state index in [-0.39, 0.29) is 0 Å². The van der Waals surface area contributed by atoms with Crippen molar-refractivity contribution in [3.63, 3.8) is 0 Å². The summed E-state index contributed by atoms with van der Waals surface area (Å²) in [5, 5.41) is 18.6. The van der Waals surface area contributed by atoms with Gasteiger partial charge in [-0.25, -0.2) is 0 Å². The highest BCUT2D eigenvalue weighted by atomic mass is 16.3. The highest BCUT2D eigenvalue weighted by molar-refractivity contribution is 4.71. The molecule has 0 amide bonds. The van der Waals surface area contributed by atoms with Gasteiger partial charge in [0.15, 0.2) is 0 Å². The summed E-state index contributed by atoms with van der Waals surface area (Å²) in [5.41, 5.74) is 0. The van der Waals surface area contributed by atoms with Crippen LogP contribution in [0.15, 0.2) is 0 Å². The van der Waals surface area contributed by atoms with Gasteiger partial charge in [-0.15, -0.1) is 0 Å². The second-order valence-electron chi connectivity index (χ2n) is 4.62. The maximum atomic E-state index is 9.43. The Morgan fingerprint density at radius 1 is 1.29 bits per heavy atom. The van der Waals surface area contributed by atoms with Gasteiger partial charge in [-0.05, 0) is 45.2 Å². The Kier molecular flexibility index (Phi) is 4.85. The van der Waals surface area contributed by atoms with Crippen LogP contribution in [0.1, 0.15) is 33.1 Å². The lowest BCUT2D eigenvalue weighted by Gasteiger charge is -2.30. The lowest BCUT2D eigenvalue weighted by atomic mass is 9.99. The Morgan fingerprint density at radius 3 is 2.36 bits per heavy atom. The molecule has 3 heteroatoms. The van der Waals surface area contributed by atoms with Gasteiger partial charge in [-0.2, -0.15) is 0 Å². The van der Waals surface area contributed by atoms with Crippen molar-refractivity contribution in [2.24, 2.45) is 5.92 Å². The Balaban J connectivity index is 2.13. The molecule has 1 rings (SSSR count). The van der Waals surface area contributed by atoms with Crippen molar-refractivity contribution in [1.29, 1.82) is 0 Å². The molecule has 1 fully saturated rings. The predicted molar refractivity (Wildman–Crippen MR) is 57.1 cm³/mol. The maximum absolute atomic E-state index is 9.43. The Morgan fingerprint density at radius 2 is 1.86 bits per heavy atom. The molecule has 0 aliphatic carbocycles. The van der Waals surface area contributed by atoms with E-state index in [0.717, 1.165) is 25.6 Å². The summed E-state index contributed by atoms with van der Waals surface area (Å²) in [4.78, 5) is 2.38. The van der Waals surface area contributed by atoms with Crippen LogP contribution in [-0.2, 0) is 0 Å². The van der Waals surface area contributed by atoms with Crippen LogP contribution in [0.2, 0.25) is 0 Å². The molecule has 0 radical (unpaired) electrons. The second-order valence-corrected chi connectivity index (χ2v) is 4.62. The highest BCUT2D eigenvalue weighted by Crippen LogP contribution is 2.16. The predicted octanol–water partition coefficient (Wildman–Crippen LogP) is 0.850. The number of rotatable bonds is 4. The average molecular weight is 201 g/mol. The minimum atomic E-state index is -0.598. The van der Waals surface area contributed by atoms with E-state index < -0.39 is 12.2 Å². The number of aliphatic hydroxyl groups is 2. The number of likely N-dealkylation sites (tertiary alicyclic amines) is 1. The first-order valence-corrected chi connectivity index (χ1v) is 5.68. The van der Waals surface area contributed by atoms with E-state index in [0.29, 0.717) is 6.42 Å². The van der Waals surface area contributed by atoms with Gasteiger partial charge >= 0.3 is 0 Å². The molecule has 1 aliphatic heterocycles. The van der Waals surface area contributed by atoms with Gasteiger partial charge in [0.25, 0.3) is 0 Å². The molecule has 1 saturated heterocycles. The standard InChI is InChI=1S/C11H23NO2/c1-9-3-6-12(7-4-9)8-5-11(14)10(2)13/h9-11,13-14H,3-8H2,1-2H3. The highest BCUT2D eigenvalue weighted by Gasteiger charge is 2.17. The van der Waals surface area contributed by atoms with Gasteiger partial charge < -0.3 is 15.1 Å². The van der Waals surface area contributed by atoms with Crippen LogP contribution in [0.4, 0.5) is 0 Å². The van der Waals surface area contributed by atoms with E-state index >= 15 is 0 Å². The molecule has 2 unspecified atom stereocenters. The van der Waals surface area contributed by atoms with E-state index in [1.165, 1.54) is 12.8 Å². The number of nitrogens with zero attached hydrogens (tertiary/aromatic N) is 1. The third kappa shape index (κ3) is 3.95. The third-order valence-corrected chi connectivity index (χ3v) is 3.17. The van der Waals surface area contributed by atoms with E-state index in [1.807, 2.05) is 0 Å².